The molecule has 27 heavy (non-hydrogen) atoms. The van der Waals surface area contributed by atoms with Crippen molar-refractivity contribution in [1.29, 1.82) is 0 Å². The van der Waals surface area contributed by atoms with Crippen molar-refractivity contribution in [2.45, 2.75) is 63.2 Å². The zero-order chi connectivity index (χ0) is 19.8. The summed E-state index contributed by atoms with van der Waals surface area (Å²) in [6.07, 6.45) is -0.0566. The summed E-state index contributed by atoms with van der Waals surface area (Å²) < 4.78 is 72.1. The first-order valence-electron chi connectivity index (χ1n) is 8.66. The summed E-state index contributed by atoms with van der Waals surface area (Å²) in [5.74, 6) is 0.203. The Morgan fingerprint density at radius 1 is 1.30 bits per heavy atom. The molecular weight excluding hydrogens is 385 g/mol. The van der Waals surface area contributed by atoms with Crippen molar-refractivity contribution in [1.82, 2.24) is 19.2 Å². The predicted molar refractivity (Wildman–Crippen MR) is 89.4 cm³/mol. The normalized spacial score (nSPS) is 16.5. The smallest absolute Gasteiger partial charge is 0.360 e. The second-order valence-electron chi connectivity index (χ2n) is 6.67. The molecule has 0 atom stereocenters. The number of hydrogen-bond acceptors (Lipinski definition) is 5. The number of aromatic nitrogens is 3. The molecule has 0 unspecified atom stereocenters. The van der Waals surface area contributed by atoms with E-state index in [-0.39, 0.29) is 35.5 Å². The Kier molecular flexibility index (Phi) is 5.35. The Morgan fingerprint density at radius 2 is 1.96 bits per heavy atom. The quantitative estimate of drug-likeness (QED) is 0.736. The molecule has 0 amide bonds. The van der Waals surface area contributed by atoms with Crippen LogP contribution in [0, 0.1) is 13.8 Å². The van der Waals surface area contributed by atoms with Crippen molar-refractivity contribution in [3.8, 4) is 0 Å². The Labute approximate surface area is 155 Å². The molecule has 1 aliphatic rings. The Balaban J connectivity index is 1.85. The SMILES string of the molecule is Cc1noc(C)c1S(=O)(=O)N(CCn1ccc(C(F)(F)F)n1)C1CCCC1. The van der Waals surface area contributed by atoms with Crippen molar-refractivity contribution in [2.75, 3.05) is 6.54 Å². The van der Waals surface area contributed by atoms with Gasteiger partial charge in [-0.25, -0.2) is 8.42 Å². The molecule has 1 aliphatic carbocycles. The van der Waals surface area contributed by atoms with Crippen molar-refractivity contribution >= 4 is 10.0 Å². The van der Waals surface area contributed by atoms with E-state index < -0.39 is 21.9 Å². The van der Waals surface area contributed by atoms with Crippen LogP contribution in [-0.4, -0.2) is 40.2 Å². The topological polar surface area (TPSA) is 81.2 Å². The van der Waals surface area contributed by atoms with Gasteiger partial charge in [-0.2, -0.15) is 22.6 Å². The zero-order valence-corrected chi connectivity index (χ0v) is 15.8. The number of hydrogen-bond donors (Lipinski definition) is 0. The van der Waals surface area contributed by atoms with Gasteiger partial charge in [-0.1, -0.05) is 18.0 Å². The molecule has 1 fully saturated rings. The summed E-state index contributed by atoms with van der Waals surface area (Å²) in [5.41, 5.74) is -0.725. The van der Waals surface area contributed by atoms with E-state index in [9.17, 15) is 21.6 Å². The molecule has 0 N–H and O–H groups in total. The number of nitrogens with zero attached hydrogens (tertiary/aromatic N) is 4. The summed E-state index contributed by atoms with van der Waals surface area (Å²) in [5, 5.41) is 7.22. The molecule has 7 nitrogen and oxygen atoms in total. The van der Waals surface area contributed by atoms with Crippen LogP contribution in [0.3, 0.4) is 0 Å². The van der Waals surface area contributed by atoms with Gasteiger partial charge in [-0.3, -0.25) is 4.68 Å². The molecule has 0 spiro atoms. The monoisotopic (exact) mass is 406 g/mol. The summed E-state index contributed by atoms with van der Waals surface area (Å²) in [6.45, 7) is 3.13. The van der Waals surface area contributed by atoms with Crippen LogP contribution < -0.4 is 0 Å². The first-order valence-corrected chi connectivity index (χ1v) is 10.1. The number of alkyl halides is 3. The van der Waals surface area contributed by atoms with Crippen LogP contribution in [0.2, 0.25) is 0 Å². The average molecular weight is 406 g/mol. The molecule has 1 saturated carbocycles. The lowest BCUT2D eigenvalue weighted by molar-refractivity contribution is -0.141. The van der Waals surface area contributed by atoms with Crippen LogP contribution in [0.5, 0.6) is 0 Å². The second kappa shape index (κ2) is 7.27. The Morgan fingerprint density at radius 3 is 2.48 bits per heavy atom. The Bertz CT molecular complexity index is 879. The minimum absolute atomic E-state index is 0.0230. The van der Waals surface area contributed by atoms with Gasteiger partial charge in [0.05, 0.1) is 6.54 Å². The lowest BCUT2D eigenvalue weighted by Crippen LogP contribution is -2.41. The molecule has 3 rings (SSSR count). The van der Waals surface area contributed by atoms with Gasteiger partial charge in [0.1, 0.15) is 10.6 Å². The van der Waals surface area contributed by atoms with Gasteiger partial charge in [-0.15, -0.1) is 0 Å². The summed E-state index contributed by atoms with van der Waals surface area (Å²) in [7, 11) is -3.88. The number of rotatable bonds is 6. The van der Waals surface area contributed by atoms with Gasteiger partial charge >= 0.3 is 6.18 Å². The van der Waals surface area contributed by atoms with E-state index in [1.54, 1.807) is 6.92 Å². The summed E-state index contributed by atoms with van der Waals surface area (Å²) in [4.78, 5) is 0.0332. The van der Waals surface area contributed by atoms with Gasteiger partial charge in [-0.05, 0) is 32.8 Å². The largest absolute Gasteiger partial charge is 0.435 e. The lowest BCUT2D eigenvalue weighted by Gasteiger charge is -2.28. The summed E-state index contributed by atoms with van der Waals surface area (Å²) in [6, 6.07) is 0.684. The first kappa shape index (κ1) is 19.9. The van der Waals surface area contributed by atoms with E-state index in [0.717, 1.165) is 36.4 Å². The average Bonchev–Trinajstić information content (AvgIpc) is 3.28. The predicted octanol–water partition coefficient (Wildman–Crippen LogP) is 3.14. The van der Waals surface area contributed by atoms with Crippen LogP contribution in [0.25, 0.3) is 0 Å². The highest BCUT2D eigenvalue weighted by Crippen LogP contribution is 2.31. The van der Waals surface area contributed by atoms with Crippen LogP contribution in [0.1, 0.15) is 42.8 Å². The lowest BCUT2D eigenvalue weighted by atomic mass is 10.2. The van der Waals surface area contributed by atoms with E-state index in [4.69, 9.17) is 4.52 Å². The minimum atomic E-state index is -4.53. The highest BCUT2D eigenvalue weighted by Gasteiger charge is 2.37. The van der Waals surface area contributed by atoms with Crippen molar-refractivity contribution in [3.63, 3.8) is 0 Å². The highest BCUT2D eigenvalue weighted by atomic mass is 32.2. The fourth-order valence-electron chi connectivity index (χ4n) is 3.49. The van der Waals surface area contributed by atoms with E-state index >= 15 is 0 Å². The third kappa shape index (κ3) is 4.03. The highest BCUT2D eigenvalue weighted by molar-refractivity contribution is 7.89. The van der Waals surface area contributed by atoms with Gasteiger partial charge in [0.15, 0.2) is 11.5 Å². The minimum Gasteiger partial charge on any atom is -0.360 e. The zero-order valence-electron chi connectivity index (χ0n) is 15.0. The molecule has 2 aromatic heterocycles. The van der Waals surface area contributed by atoms with Crippen molar-refractivity contribution in [2.24, 2.45) is 0 Å². The number of sulfonamides is 1. The number of halogens is 3. The maximum atomic E-state index is 13.2. The molecule has 0 aromatic carbocycles. The van der Waals surface area contributed by atoms with Crippen LogP contribution in [0.4, 0.5) is 13.2 Å². The van der Waals surface area contributed by atoms with Gasteiger partial charge in [0, 0.05) is 18.8 Å². The molecule has 0 bridgehead atoms. The van der Waals surface area contributed by atoms with E-state index in [1.807, 2.05) is 0 Å². The van der Waals surface area contributed by atoms with Crippen molar-refractivity contribution in [3.05, 3.63) is 29.4 Å². The van der Waals surface area contributed by atoms with Crippen molar-refractivity contribution < 1.29 is 26.1 Å². The van der Waals surface area contributed by atoms with Gasteiger partial charge < -0.3 is 4.52 Å². The van der Waals surface area contributed by atoms with E-state index in [1.165, 1.54) is 17.4 Å². The molecule has 150 valence electrons. The molecule has 2 aromatic rings. The Hall–Kier alpha value is -1.88. The fourth-order valence-corrected chi connectivity index (χ4v) is 5.46. The van der Waals surface area contributed by atoms with Gasteiger partial charge in [0.2, 0.25) is 10.0 Å². The maximum Gasteiger partial charge on any atom is 0.435 e. The van der Waals surface area contributed by atoms with E-state index in [0.29, 0.717) is 0 Å². The number of aryl methyl sites for hydroxylation is 2. The molecule has 0 aliphatic heterocycles. The van der Waals surface area contributed by atoms with Crippen LogP contribution in [-0.2, 0) is 22.7 Å². The van der Waals surface area contributed by atoms with Crippen LogP contribution >= 0.6 is 0 Å². The third-order valence-electron chi connectivity index (χ3n) is 4.75. The fraction of sp³-hybridized carbons (Fsp3) is 0.625. The standard InChI is InChI=1S/C16H21F3N4O3S/c1-11-15(12(2)26-21-11)27(24,25)23(13-5-3-4-6-13)10-9-22-8-7-14(20-22)16(17,18)19/h7-8,13H,3-6,9-10H2,1-2H3. The maximum absolute atomic E-state index is 13.2. The summed E-state index contributed by atoms with van der Waals surface area (Å²) >= 11 is 0. The molecule has 0 saturated heterocycles. The van der Waals surface area contributed by atoms with E-state index in [2.05, 4.69) is 10.3 Å². The molecule has 0 radical (unpaired) electrons. The van der Waals surface area contributed by atoms with Gasteiger partial charge in [0.25, 0.3) is 0 Å². The molecule has 2 heterocycles. The molecular formula is C16H21F3N4O3S. The molecule has 11 heteroatoms. The third-order valence-corrected chi connectivity index (χ3v) is 6.94. The van der Waals surface area contributed by atoms with Crippen LogP contribution in [0.15, 0.2) is 21.7 Å². The first-order chi connectivity index (χ1) is 12.6. The second-order valence-corrected chi connectivity index (χ2v) is 8.50.